The minimum Gasteiger partial charge on any atom is -0.444 e. The first-order chi connectivity index (χ1) is 12.8. The molecule has 28 heavy (non-hydrogen) atoms. The van der Waals surface area contributed by atoms with Crippen molar-refractivity contribution in [1.29, 1.82) is 0 Å². The maximum Gasteiger partial charge on any atom is 0.410 e. The Kier molecular flexibility index (Phi) is 7.70. The zero-order valence-corrected chi connectivity index (χ0v) is 19.5. The van der Waals surface area contributed by atoms with Crippen LogP contribution in [-0.2, 0) is 11.3 Å². The molecule has 1 amide bonds. The Morgan fingerprint density at radius 2 is 2.21 bits per heavy atom. The van der Waals surface area contributed by atoms with Gasteiger partial charge in [-0.2, -0.15) is 0 Å². The number of aliphatic imine (C=N–C) groups is 1. The Morgan fingerprint density at radius 1 is 1.46 bits per heavy atom. The van der Waals surface area contributed by atoms with Crippen molar-refractivity contribution in [1.82, 2.24) is 20.5 Å². The van der Waals surface area contributed by atoms with Crippen LogP contribution >= 0.6 is 35.3 Å². The maximum absolute atomic E-state index is 12.0. The number of aromatic nitrogens is 1. The van der Waals surface area contributed by atoms with Crippen molar-refractivity contribution in [2.75, 3.05) is 20.1 Å². The van der Waals surface area contributed by atoms with E-state index < -0.39 is 5.60 Å². The smallest absolute Gasteiger partial charge is 0.410 e. The molecule has 0 aromatic carbocycles. The molecule has 1 fully saturated rings. The monoisotopic (exact) mass is 519 g/mol. The van der Waals surface area contributed by atoms with E-state index in [-0.39, 0.29) is 36.1 Å². The zero-order chi connectivity index (χ0) is 19.4. The van der Waals surface area contributed by atoms with Crippen LogP contribution < -0.4 is 10.6 Å². The Balaban J connectivity index is 0.00000280. The molecule has 0 aliphatic carbocycles. The Hall–Kier alpha value is -1.82. The highest BCUT2D eigenvalue weighted by Gasteiger charge is 2.34. The number of nitrogens with zero attached hydrogens (tertiary/aromatic N) is 3. The molecule has 2 aromatic rings. The van der Waals surface area contributed by atoms with Crippen LogP contribution in [0.25, 0.3) is 10.8 Å². The quantitative estimate of drug-likeness (QED) is 0.366. The fourth-order valence-electron chi connectivity index (χ4n) is 2.51. The highest BCUT2D eigenvalue weighted by atomic mass is 127. The van der Waals surface area contributed by atoms with E-state index in [0.717, 1.165) is 10.6 Å². The molecule has 2 N–H and O–H groups in total. The number of hydrogen-bond donors (Lipinski definition) is 2. The first kappa shape index (κ1) is 22.5. The summed E-state index contributed by atoms with van der Waals surface area (Å²) in [5, 5.41) is 8.49. The van der Waals surface area contributed by atoms with E-state index in [1.165, 1.54) is 0 Å². The topological polar surface area (TPSA) is 92.0 Å². The summed E-state index contributed by atoms with van der Waals surface area (Å²) in [6.45, 7) is 7.25. The molecule has 0 radical (unpaired) electrons. The van der Waals surface area contributed by atoms with Crippen molar-refractivity contribution in [3.63, 3.8) is 0 Å². The van der Waals surface area contributed by atoms with E-state index >= 15 is 0 Å². The van der Waals surface area contributed by atoms with Gasteiger partial charge in [0.2, 0.25) is 5.89 Å². The number of oxazole rings is 1. The third-order valence-corrected chi connectivity index (χ3v) is 4.68. The average Bonchev–Trinajstić information content (AvgIpc) is 3.22. The largest absolute Gasteiger partial charge is 0.444 e. The Morgan fingerprint density at radius 3 is 2.82 bits per heavy atom. The van der Waals surface area contributed by atoms with E-state index in [2.05, 4.69) is 20.6 Å². The van der Waals surface area contributed by atoms with Crippen molar-refractivity contribution in [2.24, 2.45) is 4.99 Å². The van der Waals surface area contributed by atoms with Crippen LogP contribution in [0.4, 0.5) is 4.79 Å². The predicted octanol–water partition coefficient (Wildman–Crippen LogP) is 3.31. The van der Waals surface area contributed by atoms with Crippen molar-refractivity contribution in [3.8, 4) is 10.8 Å². The number of carbonyl (C=O) groups is 1. The normalized spacial score (nSPS) is 14.9. The minimum absolute atomic E-state index is 0. The third-order valence-electron chi connectivity index (χ3n) is 3.82. The summed E-state index contributed by atoms with van der Waals surface area (Å²) in [6.07, 6.45) is 1.36. The van der Waals surface area contributed by atoms with Gasteiger partial charge >= 0.3 is 6.09 Å². The number of likely N-dealkylation sites (tertiary alicyclic amines) is 1. The summed E-state index contributed by atoms with van der Waals surface area (Å²) >= 11 is 1.59. The molecule has 2 aromatic heterocycles. The van der Waals surface area contributed by atoms with Crippen LogP contribution in [0.5, 0.6) is 0 Å². The van der Waals surface area contributed by atoms with E-state index in [1.807, 2.05) is 38.3 Å². The van der Waals surface area contributed by atoms with Crippen LogP contribution in [0, 0.1) is 0 Å². The number of thiophene rings is 1. The number of nitrogens with one attached hydrogen (secondary N) is 2. The minimum atomic E-state index is -0.479. The van der Waals surface area contributed by atoms with Crippen LogP contribution in [0.1, 0.15) is 26.5 Å². The molecule has 3 rings (SSSR count). The second-order valence-corrected chi connectivity index (χ2v) is 8.22. The molecule has 0 spiro atoms. The fourth-order valence-corrected chi connectivity index (χ4v) is 3.16. The number of ether oxygens (including phenoxy) is 1. The van der Waals surface area contributed by atoms with Gasteiger partial charge in [0.25, 0.3) is 0 Å². The highest BCUT2D eigenvalue weighted by molar-refractivity contribution is 14.0. The zero-order valence-electron chi connectivity index (χ0n) is 16.4. The summed E-state index contributed by atoms with van der Waals surface area (Å²) in [7, 11) is 1.71. The van der Waals surface area contributed by atoms with E-state index in [0.29, 0.717) is 31.5 Å². The number of amides is 1. The number of rotatable bonds is 4. The molecule has 0 bridgehead atoms. The van der Waals surface area contributed by atoms with E-state index in [9.17, 15) is 4.79 Å². The average molecular weight is 519 g/mol. The third kappa shape index (κ3) is 6.09. The molecule has 10 heteroatoms. The number of hydrogen-bond acceptors (Lipinski definition) is 6. The van der Waals surface area contributed by atoms with Crippen LogP contribution in [-0.4, -0.2) is 53.7 Å². The lowest BCUT2D eigenvalue weighted by Crippen LogP contribution is -2.63. The highest BCUT2D eigenvalue weighted by Crippen LogP contribution is 2.23. The second kappa shape index (κ2) is 9.59. The summed E-state index contributed by atoms with van der Waals surface area (Å²) < 4.78 is 10.9. The van der Waals surface area contributed by atoms with Crippen LogP contribution in [0.2, 0.25) is 0 Å². The van der Waals surface area contributed by atoms with Crippen molar-refractivity contribution in [3.05, 3.63) is 29.5 Å². The van der Waals surface area contributed by atoms with Crippen molar-refractivity contribution >= 4 is 47.4 Å². The molecule has 0 saturated carbocycles. The molecule has 0 atom stereocenters. The number of halogens is 1. The molecule has 8 nitrogen and oxygen atoms in total. The van der Waals surface area contributed by atoms with Gasteiger partial charge in [0.05, 0.1) is 23.2 Å². The molecule has 1 aliphatic heterocycles. The van der Waals surface area contributed by atoms with Gasteiger partial charge in [0.15, 0.2) is 5.96 Å². The first-order valence-electron chi connectivity index (χ1n) is 8.77. The lowest BCUT2D eigenvalue weighted by molar-refractivity contribution is 0.00701. The molecule has 3 heterocycles. The lowest BCUT2D eigenvalue weighted by atomic mass is 10.1. The predicted molar refractivity (Wildman–Crippen MR) is 120 cm³/mol. The van der Waals surface area contributed by atoms with Crippen molar-refractivity contribution < 1.29 is 13.9 Å². The molecule has 0 unspecified atom stereocenters. The van der Waals surface area contributed by atoms with E-state index in [1.54, 1.807) is 29.5 Å². The van der Waals surface area contributed by atoms with Gasteiger partial charge in [-0.25, -0.2) is 9.78 Å². The Labute approximate surface area is 185 Å². The second-order valence-electron chi connectivity index (χ2n) is 7.27. The SMILES string of the molecule is CN=C(NCc1coc(-c2cccs2)n1)NC1CN(C(=O)OC(C)(C)C)C1.I. The van der Waals surface area contributed by atoms with Gasteiger partial charge in [-0.15, -0.1) is 35.3 Å². The van der Waals surface area contributed by atoms with Crippen LogP contribution in [0.15, 0.2) is 33.2 Å². The van der Waals surface area contributed by atoms with E-state index in [4.69, 9.17) is 9.15 Å². The molecular weight excluding hydrogens is 493 g/mol. The molecule has 1 saturated heterocycles. The van der Waals surface area contributed by atoms with Gasteiger partial charge in [-0.1, -0.05) is 6.07 Å². The summed E-state index contributed by atoms with van der Waals surface area (Å²) in [5.74, 6) is 1.28. The van der Waals surface area contributed by atoms with Gasteiger partial charge in [-0.3, -0.25) is 4.99 Å². The van der Waals surface area contributed by atoms with Crippen LogP contribution in [0.3, 0.4) is 0 Å². The summed E-state index contributed by atoms with van der Waals surface area (Å²) in [5.41, 5.74) is 0.317. The maximum atomic E-state index is 12.0. The number of guanidine groups is 1. The van der Waals surface area contributed by atoms with Gasteiger partial charge in [0.1, 0.15) is 11.9 Å². The van der Waals surface area contributed by atoms with Gasteiger partial charge in [0, 0.05) is 20.1 Å². The lowest BCUT2D eigenvalue weighted by Gasteiger charge is -2.40. The van der Waals surface area contributed by atoms with Gasteiger partial charge < -0.3 is 24.7 Å². The number of carbonyl (C=O) groups excluding carboxylic acids is 1. The molecule has 1 aliphatic rings. The molecule has 154 valence electrons. The standard InChI is InChI=1S/C18H25N5O3S.HI/c1-18(2,3)26-17(24)23-9-13(10-23)22-16(19-4)20-8-12-11-25-15(21-12)14-6-5-7-27-14;/h5-7,11,13H,8-10H2,1-4H3,(H2,19,20,22);1H. The Bertz CT molecular complexity index is 795. The van der Waals surface area contributed by atoms with Gasteiger partial charge in [-0.05, 0) is 32.2 Å². The summed E-state index contributed by atoms with van der Waals surface area (Å²) in [6, 6.07) is 4.08. The first-order valence-corrected chi connectivity index (χ1v) is 9.65. The fraction of sp³-hybridized carbons (Fsp3) is 0.500. The summed E-state index contributed by atoms with van der Waals surface area (Å²) in [4.78, 5) is 23.3. The van der Waals surface area contributed by atoms with Crippen molar-refractivity contribution in [2.45, 2.75) is 39.0 Å². The molecular formula is C18H26IN5O3S.